The van der Waals surface area contributed by atoms with Gasteiger partial charge in [0.1, 0.15) is 6.04 Å². The zero-order valence-electron chi connectivity index (χ0n) is 13.3. The summed E-state index contributed by atoms with van der Waals surface area (Å²) in [7, 11) is 0. The van der Waals surface area contributed by atoms with E-state index in [0.717, 1.165) is 18.7 Å². The van der Waals surface area contributed by atoms with Crippen molar-refractivity contribution < 1.29 is 34.0 Å². The minimum Gasteiger partial charge on any atom is -0.550 e. The van der Waals surface area contributed by atoms with Gasteiger partial charge in [0.2, 0.25) is 5.91 Å². The van der Waals surface area contributed by atoms with Crippen LogP contribution in [0.1, 0.15) is 20.3 Å². The molecule has 1 fully saturated rings. The molecule has 2 heterocycles. The van der Waals surface area contributed by atoms with Gasteiger partial charge in [-0.3, -0.25) is 14.5 Å². The molecule has 1 aromatic rings. The van der Waals surface area contributed by atoms with E-state index in [1.165, 1.54) is 0 Å². The Hall–Kier alpha value is -2.81. The maximum Gasteiger partial charge on any atom is 0.327 e. The van der Waals surface area contributed by atoms with Crippen LogP contribution in [0.2, 0.25) is 0 Å². The van der Waals surface area contributed by atoms with Crippen LogP contribution in [-0.4, -0.2) is 45.3 Å². The summed E-state index contributed by atoms with van der Waals surface area (Å²) in [5, 5.41) is 18.0. The number of carboxylic acids is 2. The molecule has 1 aromatic heterocycles. The van der Waals surface area contributed by atoms with Gasteiger partial charge in [-0.05, 0) is 6.92 Å². The van der Waals surface area contributed by atoms with Crippen molar-refractivity contribution in [1.29, 1.82) is 0 Å². The van der Waals surface area contributed by atoms with Crippen molar-refractivity contribution in [2.75, 3.05) is 0 Å². The van der Waals surface area contributed by atoms with Crippen molar-refractivity contribution in [2.24, 2.45) is 5.73 Å². The second-order valence-corrected chi connectivity index (χ2v) is 5.45. The third-order valence-corrected chi connectivity index (χ3v) is 3.38. The van der Waals surface area contributed by atoms with E-state index in [1.807, 2.05) is 6.07 Å². The third-order valence-electron chi connectivity index (χ3n) is 3.38. The molecule has 2 unspecified atom stereocenters. The van der Waals surface area contributed by atoms with Crippen molar-refractivity contribution in [2.45, 2.75) is 38.4 Å². The van der Waals surface area contributed by atoms with Gasteiger partial charge in [0.25, 0.3) is 5.91 Å². The van der Waals surface area contributed by atoms with Gasteiger partial charge in [0.05, 0.1) is 0 Å². The molecule has 1 saturated heterocycles. The summed E-state index contributed by atoms with van der Waals surface area (Å²) >= 11 is 0. The van der Waals surface area contributed by atoms with E-state index in [0.29, 0.717) is 0 Å². The lowest BCUT2D eigenvalue weighted by atomic mass is 9.96. The van der Waals surface area contributed by atoms with E-state index in [2.05, 4.69) is 0 Å². The highest BCUT2D eigenvalue weighted by molar-refractivity contribution is 6.05. The third kappa shape index (κ3) is 4.59. The Labute approximate surface area is 138 Å². The monoisotopic (exact) mass is 337 g/mol. The number of carbonyl (C=O) groups is 4. The van der Waals surface area contributed by atoms with Gasteiger partial charge >= 0.3 is 5.97 Å². The van der Waals surface area contributed by atoms with Crippen LogP contribution >= 0.6 is 0 Å². The predicted octanol–water partition coefficient (Wildman–Crippen LogP) is -2.34. The Balaban J connectivity index is 0.000000648. The molecule has 0 aromatic carbocycles. The number of nitrogens with two attached hydrogens (primary N) is 1. The Bertz CT molecular complexity index is 644. The topological polar surface area (TPSA) is 145 Å². The first-order valence-corrected chi connectivity index (χ1v) is 7.06. The molecule has 0 aliphatic carbocycles. The summed E-state index contributed by atoms with van der Waals surface area (Å²) in [6.45, 7) is 2.26. The van der Waals surface area contributed by atoms with E-state index in [-0.39, 0.29) is 13.0 Å². The second kappa shape index (κ2) is 7.64. The van der Waals surface area contributed by atoms with Crippen LogP contribution in [0.3, 0.4) is 0 Å². The van der Waals surface area contributed by atoms with Gasteiger partial charge < -0.3 is 20.7 Å². The van der Waals surface area contributed by atoms with Crippen molar-refractivity contribution in [3.63, 3.8) is 0 Å². The number of hydrogen-bond acceptors (Lipinski definition) is 6. The second-order valence-electron chi connectivity index (χ2n) is 5.45. The van der Waals surface area contributed by atoms with Crippen LogP contribution in [0, 0.1) is 0 Å². The smallest absolute Gasteiger partial charge is 0.327 e. The molecule has 9 nitrogen and oxygen atoms in total. The first-order valence-electron chi connectivity index (χ1n) is 7.06. The van der Waals surface area contributed by atoms with E-state index in [4.69, 9.17) is 20.7 Å². The first kappa shape index (κ1) is 19.2. The molecule has 3 N–H and O–H groups in total. The Morgan fingerprint density at radius 3 is 2.21 bits per heavy atom. The molecule has 2 amide bonds. The lowest BCUT2D eigenvalue weighted by Gasteiger charge is -2.19. The highest BCUT2D eigenvalue weighted by Gasteiger charge is 2.55. The quantitative estimate of drug-likeness (QED) is 0.588. The van der Waals surface area contributed by atoms with Crippen LogP contribution in [-0.2, 0) is 25.7 Å². The van der Waals surface area contributed by atoms with Crippen LogP contribution in [0.4, 0.5) is 0 Å². The van der Waals surface area contributed by atoms with Gasteiger partial charge in [-0.2, -0.15) is 0 Å². The number of nitrogens with zero attached hydrogens (tertiary/aromatic N) is 2. The van der Waals surface area contributed by atoms with E-state index < -0.39 is 35.3 Å². The van der Waals surface area contributed by atoms with Gasteiger partial charge in [-0.15, -0.1) is 0 Å². The number of hydrogen-bond donors (Lipinski definition) is 2. The number of rotatable bonds is 3. The van der Waals surface area contributed by atoms with Crippen LogP contribution in [0.25, 0.3) is 0 Å². The van der Waals surface area contributed by atoms with E-state index in [1.54, 1.807) is 29.1 Å². The number of carboxylic acid groups (broad SMARTS) is 2. The van der Waals surface area contributed by atoms with Crippen LogP contribution in [0.5, 0.6) is 0 Å². The molecular formula is C15H19N3O6. The molecule has 2 atom stereocenters. The van der Waals surface area contributed by atoms with Crippen LogP contribution < -0.4 is 15.4 Å². The molecule has 0 bridgehead atoms. The molecule has 1 aliphatic heterocycles. The molecule has 9 heteroatoms. The fraction of sp³-hybridized carbons (Fsp3) is 0.400. The number of amides is 2. The lowest BCUT2D eigenvalue weighted by Crippen LogP contribution is -2.58. The number of aliphatic carboxylic acids is 2. The van der Waals surface area contributed by atoms with Crippen LogP contribution in [0.15, 0.2) is 30.6 Å². The van der Waals surface area contributed by atoms with Crippen molar-refractivity contribution in [3.05, 3.63) is 30.6 Å². The minimum atomic E-state index is -1.39. The van der Waals surface area contributed by atoms with Crippen molar-refractivity contribution in [3.8, 4) is 0 Å². The first-order chi connectivity index (χ1) is 11.1. The summed E-state index contributed by atoms with van der Waals surface area (Å²) in [4.78, 5) is 44.6. The molecule has 1 aliphatic rings. The zero-order valence-corrected chi connectivity index (χ0v) is 13.3. The summed E-state index contributed by atoms with van der Waals surface area (Å²) < 4.78 is 1.69. The number of aromatic nitrogens is 1. The standard InChI is InChI=1S/C13H15N3O4.C2H4O2/c1-9(17)16-10(11(18)19)7-13(14,12(16)20)8-15-5-3-2-4-6-15;1-2(3)4/h2-6,10H,7-8,14H2,1H3;1H3,(H,3,4). The number of carbonyl (C=O) groups excluding carboxylic acids is 3. The fourth-order valence-corrected chi connectivity index (χ4v) is 2.46. The van der Waals surface area contributed by atoms with Crippen molar-refractivity contribution >= 4 is 23.8 Å². The maximum atomic E-state index is 12.3. The van der Waals surface area contributed by atoms with Gasteiger partial charge in [-0.1, -0.05) is 6.07 Å². The Kier molecular flexibility index (Phi) is 6.13. The maximum absolute atomic E-state index is 12.3. The largest absolute Gasteiger partial charge is 0.550 e. The lowest BCUT2D eigenvalue weighted by molar-refractivity contribution is -0.701. The SMILES string of the molecule is CC(=O)N1C(=O)C(N)(C[n+]2ccccc2)CC1C(=O)O.CC(=O)[O-]. The summed E-state index contributed by atoms with van der Waals surface area (Å²) in [6.07, 6.45) is 3.37. The normalized spacial score (nSPS) is 22.5. The highest BCUT2D eigenvalue weighted by atomic mass is 16.4. The fourth-order valence-electron chi connectivity index (χ4n) is 2.46. The molecule has 0 saturated carbocycles. The number of imide groups is 1. The minimum absolute atomic E-state index is 0.0946. The molecule has 0 radical (unpaired) electrons. The predicted molar refractivity (Wildman–Crippen MR) is 77.8 cm³/mol. The zero-order chi connectivity index (χ0) is 18.5. The summed E-state index contributed by atoms with van der Waals surface area (Å²) in [5.41, 5.74) is 4.68. The average Bonchev–Trinajstić information content (AvgIpc) is 2.72. The van der Waals surface area contributed by atoms with Gasteiger partial charge in [-0.25, -0.2) is 9.36 Å². The molecule has 2 rings (SSSR count). The highest BCUT2D eigenvalue weighted by Crippen LogP contribution is 2.27. The van der Waals surface area contributed by atoms with Gasteiger partial charge in [0.15, 0.2) is 24.5 Å². The number of pyridine rings is 1. The van der Waals surface area contributed by atoms with E-state index >= 15 is 0 Å². The Morgan fingerprint density at radius 2 is 1.83 bits per heavy atom. The number of likely N-dealkylation sites (tertiary alicyclic amines) is 1. The molecule has 24 heavy (non-hydrogen) atoms. The molecular weight excluding hydrogens is 318 g/mol. The van der Waals surface area contributed by atoms with E-state index in [9.17, 15) is 14.4 Å². The Morgan fingerprint density at radius 1 is 1.33 bits per heavy atom. The molecule has 0 spiro atoms. The molecule has 130 valence electrons. The van der Waals surface area contributed by atoms with Crippen molar-refractivity contribution in [1.82, 2.24) is 4.90 Å². The summed E-state index contributed by atoms with van der Waals surface area (Å²) in [5.74, 6) is -3.56. The van der Waals surface area contributed by atoms with Gasteiger partial charge in [0, 0.05) is 31.4 Å². The summed E-state index contributed by atoms with van der Waals surface area (Å²) in [6, 6.07) is 4.17. The average molecular weight is 337 g/mol.